The maximum Gasteiger partial charge on any atom is 0.273 e. The fraction of sp³-hybridized carbons (Fsp3) is 0. The Hall–Kier alpha value is -2.08. The van der Waals surface area contributed by atoms with Crippen molar-refractivity contribution in [1.82, 2.24) is 9.97 Å². The van der Waals surface area contributed by atoms with E-state index >= 15 is 0 Å². The molecular formula is C12H7ClN4O2S2. The molecular weight excluding hydrogens is 332 g/mol. The van der Waals surface area contributed by atoms with Crippen molar-refractivity contribution in [3.8, 4) is 6.07 Å². The van der Waals surface area contributed by atoms with Gasteiger partial charge in [-0.25, -0.2) is 13.4 Å². The van der Waals surface area contributed by atoms with Crippen molar-refractivity contribution in [2.45, 2.75) is 4.21 Å². The minimum Gasteiger partial charge on any atom is -0.358 e. The first-order valence-corrected chi connectivity index (χ1v) is 8.33. The van der Waals surface area contributed by atoms with E-state index < -0.39 is 10.0 Å². The summed E-state index contributed by atoms with van der Waals surface area (Å²) >= 11 is 6.53. The van der Waals surface area contributed by atoms with Gasteiger partial charge < -0.3 is 4.98 Å². The van der Waals surface area contributed by atoms with Crippen LogP contribution in [0.25, 0.3) is 10.9 Å². The Morgan fingerprint density at radius 1 is 1.43 bits per heavy atom. The number of nitriles is 1. The van der Waals surface area contributed by atoms with Gasteiger partial charge in [-0.15, -0.1) is 0 Å². The van der Waals surface area contributed by atoms with E-state index in [2.05, 4.69) is 14.7 Å². The lowest BCUT2D eigenvalue weighted by Crippen LogP contribution is -2.11. The SMILES string of the molecule is N#Cc1c[nH]c2c(NS(=O)(=O)c3cnc(Cl)s3)cccc12. The van der Waals surface area contributed by atoms with E-state index in [1.54, 1.807) is 18.2 Å². The molecule has 21 heavy (non-hydrogen) atoms. The van der Waals surface area contributed by atoms with Crippen LogP contribution in [-0.2, 0) is 10.0 Å². The number of halogens is 1. The summed E-state index contributed by atoms with van der Waals surface area (Å²) in [6.07, 6.45) is 2.73. The first-order chi connectivity index (χ1) is 10.0. The van der Waals surface area contributed by atoms with E-state index in [9.17, 15) is 8.42 Å². The molecule has 0 radical (unpaired) electrons. The molecule has 0 aliphatic carbocycles. The van der Waals surface area contributed by atoms with E-state index in [1.165, 1.54) is 12.4 Å². The molecule has 0 aliphatic rings. The molecule has 2 N–H and O–H groups in total. The summed E-state index contributed by atoms with van der Waals surface area (Å²) in [7, 11) is -3.76. The number of para-hydroxylation sites is 1. The summed E-state index contributed by atoms with van der Waals surface area (Å²) < 4.78 is 27.2. The van der Waals surface area contributed by atoms with E-state index in [-0.39, 0.29) is 8.68 Å². The molecule has 0 saturated carbocycles. The Morgan fingerprint density at radius 2 is 2.24 bits per heavy atom. The standard InChI is InChI=1S/C12H7ClN4O2S2/c13-12-16-6-10(20-12)21(18,19)17-9-3-1-2-8-7(4-14)5-15-11(8)9/h1-3,5-6,15,17H. The fourth-order valence-corrected chi connectivity index (χ4v) is 4.25. The largest absolute Gasteiger partial charge is 0.358 e. The Kier molecular flexibility index (Phi) is 3.33. The third-order valence-electron chi connectivity index (χ3n) is 2.80. The molecule has 106 valence electrons. The third kappa shape index (κ3) is 2.47. The molecule has 0 unspecified atom stereocenters. The Morgan fingerprint density at radius 3 is 2.90 bits per heavy atom. The van der Waals surface area contributed by atoms with Gasteiger partial charge in [0, 0.05) is 11.6 Å². The summed E-state index contributed by atoms with van der Waals surface area (Å²) in [5.74, 6) is 0. The number of H-pyrrole nitrogens is 1. The van der Waals surface area contributed by atoms with Gasteiger partial charge >= 0.3 is 0 Å². The van der Waals surface area contributed by atoms with E-state index in [0.717, 1.165) is 11.3 Å². The first kappa shape index (κ1) is 13.9. The lowest BCUT2D eigenvalue weighted by molar-refractivity contribution is 0.603. The number of sulfonamides is 1. The van der Waals surface area contributed by atoms with E-state index in [1.807, 2.05) is 6.07 Å². The highest BCUT2D eigenvalue weighted by Gasteiger charge is 2.19. The molecule has 2 heterocycles. The van der Waals surface area contributed by atoms with Crippen molar-refractivity contribution in [3.05, 3.63) is 40.6 Å². The summed E-state index contributed by atoms with van der Waals surface area (Å²) in [5, 5.41) is 9.65. The molecule has 0 amide bonds. The van der Waals surface area contributed by atoms with Crippen LogP contribution >= 0.6 is 22.9 Å². The summed E-state index contributed by atoms with van der Waals surface area (Å²) in [6.45, 7) is 0. The van der Waals surface area contributed by atoms with Crippen LogP contribution < -0.4 is 4.72 Å². The lowest BCUT2D eigenvalue weighted by Gasteiger charge is -2.07. The number of thiazole rings is 1. The van der Waals surface area contributed by atoms with Crippen LogP contribution in [0.15, 0.2) is 34.8 Å². The van der Waals surface area contributed by atoms with Gasteiger partial charge in [0.25, 0.3) is 10.0 Å². The van der Waals surface area contributed by atoms with Gasteiger partial charge in [0.1, 0.15) is 6.07 Å². The number of rotatable bonds is 3. The van der Waals surface area contributed by atoms with Crippen LogP contribution in [-0.4, -0.2) is 18.4 Å². The van der Waals surface area contributed by atoms with Crippen molar-refractivity contribution in [2.75, 3.05) is 4.72 Å². The third-order valence-corrected chi connectivity index (χ3v) is 5.74. The second-order valence-electron chi connectivity index (χ2n) is 4.08. The second-order valence-corrected chi connectivity index (χ2v) is 7.60. The molecule has 3 rings (SSSR count). The summed E-state index contributed by atoms with van der Waals surface area (Å²) in [5.41, 5.74) is 1.36. The monoisotopic (exact) mass is 338 g/mol. The average Bonchev–Trinajstić information content (AvgIpc) is 3.05. The Labute approximate surface area is 129 Å². The van der Waals surface area contributed by atoms with Crippen molar-refractivity contribution in [2.24, 2.45) is 0 Å². The van der Waals surface area contributed by atoms with Gasteiger partial charge in [0.2, 0.25) is 0 Å². The molecule has 9 heteroatoms. The zero-order valence-corrected chi connectivity index (χ0v) is 12.7. The number of fused-ring (bicyclic) bond motifs is 1. The van der Waals surface area contributed by atoms with Crippen LogP contribution in [0.5, 0.6) is 0 Å². The first-order valence-electron chi connectivity index (χ1n) is 5.65. The normalized spacial score (nSPS) is 11.4. The number of nitrogens with one attached hydrogen (secondary N) is 2. The molecule has 0 bridgehead atoms. The molecule has 0 atom stereocenters. The molecule has 0 saturated heterocycles. The Balaban J connectivity index is 2.06. The number of hydrogen-bond donors (Lipinski definition) is 2. The van der Waals surface area contributed by atoms with Crippen LogP contribution in [0, 0.1) is 11.3 Å². The van der Waals surface area contributed by atoms with Crippen molar-refractivity contribution >= 4 is 49.6 Å². The van der Waals surface area contributed by atoms with Gasteiger partial charge in [0.15, 0.2) is 8.68 Å². The highest BCUT2D eigenvalue weighted by molar-refractivity contribution is 7.94. The summed E-state index contributed by atoms with van der Waals surface area (Å²) in [4.78, 5) is 6.62. The predicted octanol–water partition coefficient (Wildman–Crippen LogP) is 2.95. The molecule has 0 aliphatic heterocycles. The number of nitrogens with zero attached hydrogens (tertiary/aromatic N) is 2. The number of hydrogen-bond acceptors (Lipinski definition) is 5. The zero-order chi connectivity index (χ0) is 15.0. The number of aromatic nitrogens is 2. The van der Waals surface area contributed by atoms with Crippen LogP contribution in [0.4, 0.5) is 5.69 Å². The minimum atomic E-state index is -3.76. The van der Waals surface area contributed by atoms with Gasteiger partial charge in [-0.05, 0) is 6.07 Å². The Bertz CT molecular complexity index is 969. The van der Waals surface area contributed by atoms with Crippen molar-refractivity contribution in [3.63, 3.8) is 0 Å². The smallest absolute Gasteiger partial charge is 0.273 e. The predicted molar refractivity (Wildman–Crippen MR) is 80.9 cm³/mol. The molecule has 6 nitrogen and oxygen atoms in total. The molecule has 0 spiro atoms. The van der Waals surface area contributed by atoms with Gasteiger partial charge in [-0.1, -0.05) is 35.1 Å². The maximum atomic E-state index is 12.3. The van der Waals surface area contributed by atoms with E-state index in [4.69, 9.17) is 16.9 Å². The van der Waals surface area contributed by atoms with Crippen molar-refractivity contribution in [1.29, 1.82) is 5.26 Å². The highest BCUT2D eigenvalue weighted by atomic mass is 35.5. The lowest BCUT2D eigenvalue weighted by atomic mass is 10.2. The summed E-state index contributed by atoms with van der Waals surface area (Å²) in [6, 6.07) is 7.07. The van der Waals surface area contributed by atoms with E-state index in [0.29, 0.717) is 22.2 Å². The molecule has 3 aromatic rings. The van der Waals surface area contributed by atoms with Gasteiger partial charge in [-0.2, -0.15) is 5.26 Å². The maximum absolute atomic E-state index is 12.3. The van der Waals surface area contributed by atoms with Crippen LogP contribution in [0.3, 0.4) is 0 Å². The highest BCUT2D eigenvalue weighted by Crippen LogP contribution is 2.29. The van der Waals surface area contributed by atoms with Crippen LogP contribution in [0.1, 0.15) is 5.56 Å². The minimum absolute atomic E-state index is 0.0246. The van der Waals surface area contributed by atoms with Gasteiger partial charge in [0.05, 0.1) is 23.0 Å². The van der Waals surface area contributed by atoms with Gasteiger partial charge in [-0.3, -0.25) is 4.72 Å². The number of aromatic amines is 1. The molecule has 1 aromatic carbocycles. The zero-order valence-electron chi connectivity index (χ0n) is 10.3. The quantitative estimate of drug-likeness (QED) is 0.766. The van der Waals surface area contributed by atoms with Crippen molar-refractivity contribution < 1.29 is 8.42 Å². The topological polar surface area (TPSA) is 98.6 Å². The van der Waals surface area contributed by atoms with Crippen LogP contribution in [0.2, 0.25) is 4.47 Å². The number of anilines is 1. The average molecular weight is 339 g/mol. The fourth-order valence-electron chi connectivity index (χ4n) is 1.89. The molecule has 2 aromatic heterocycles. The number of benzene rings is 1. The second kappa shape index (κ2) is 5.04. The molecule has 0 fully saturated rings.